The standard InChI is InChI=1S/C10H14N2O4S/c11-10-7(5-17-6-8(14)4-13)2-1-3-9(10)12(15)16/h1-3,8,13-14H,4-6,11H2. The van der Waals surface area contributed by atoms with Gasteiger partial charge in [-0.1, -0.05) is 12.1 Å². The van der Waals surface area contributed by atoms with Crippen molar-refractivity contribution in [3.63, 3.8) is 0 Å². The van der Waals surface area contributed by atoms with Gasteiger partial charge in [0.15, 0.2) is 0 Å². The zero-order valence-electron chi connectivity index (χ0n) is 9.07. The molecule has 7 heteroatoms. The molecule has 1 atom stereocenters. The van der Waals surface area contributed by atoms with E-state index in [1.807, 2.05) is 0 Å². The number of hydrogen-bond acceptors (Lipinski definition) is 6. The highest BCUT2D eigenvalue weighted by Gasteiger charge is 2.14. The number of nitrogens with two attached hydrogens (primary N) is 1. The number of nitro benzene ring substituents is 1. The Morgan fingerprint density at radius 3 is 2.82 bits per heavy atom. The van der Waals surface area contributed by atoms with Gasteiger partial charge in [0.05, 0.1) is 17.6 Å². The highest BCUT2D eigenvalue weighted by Crippen LogP contribution is 2.27. The number of nitro groups is 1. The smallest absolute Gasteiger partial charge is 0.292 e. The number of benzene rings is 1. The first-order valence-corrected chi connectivity index (χ1v) is 6.10. The minimum atomic E-state index is -0.778. The number of para-hydroxylation sites is 1. The van der Waals surface area contributed by atoms with Crippen LogP contribution in [0.5, 0.6) is 0 Å². The largest absolute Gasteiger partial charge is 0.394 e. The molecule has 1 unspecified atom stereocenters. The molecule has 1 rings (SSSR count). The van der Waals surface area contributed by atoms with E-state index < -0.39 is 11.0 Å². The molecule has 0 fully saturated rings. The topological polar surface area (TPSA) is 110 Å². The molecule has 1 aromatic carbocycles. The van der Waals surface area contributed by atoms with E-state index in [9.17, 15) is 10.1 Å². The molecule has 0 aliphatic heterocycles. The fraction of sp³-hybridized carbons (Fsp3) is 0.400. The first-order valence-electron chi connectivity index (χ1n) is 4.94. The Kier molecular flexibility index (Phi) is 5.20. The number of nitrogens with zero attached hydrogens (tertiary/aromatic N) is 1. The van der Waals surface area contributed by atoms with Crippen molar-refractivity contribution in [2.75, 3.05) is 18.1 Å². The summed E-state index contributed by atoms with van der Waals surface area (Å²) in [5.74, 6) is 0.823. The number of anilines is 1. The van der Waals surface area contributed by atoms with Crippen molar-refractivity contribution in [2.45, 2.75) is 11.9 Å². The Labute approximate surface area is 103 Å². The van der Waals surface area contributed by atoms with Crippen LogP contribution in [0.25, 0.3) is 0 Å². The van der Waals surface area contributed by atoms with Crippen molar-refractivity contribution < 1.29 is 15.1 Å². The van der Waals surface area contributed by atoms with Gasteiger partial charge < -0.3 is 15.9 Å². The Morgan fingerprint density at radius 1 is 1.53 bits per heavy atom. The second-order valence-electron chi connectivity index (χ2n) is 3.46. The van der Waals surface area contributed by atoms with Crippen LogP contribution in [0.2, 0.25) is 0 Å². The van der Waals surface area contributed by atoms with Crippen molar-refractivity contribution in [1.82, 2.24) is 0 Å². The third kappa shape index (κ3) is 3.88. The van der Waals surface area contributed by atoms with Crippen LogP contribution in [0.15, 0.2) is 18.2 Å². The molecule has 1 aromatic rings. The molecule has 0 bridgehead atoms. The molecule has 4 N–H and O–H groups in total. The molecule has 6 nitrogen and oxygen atoms in total. The fourth-order valence-corrected chi connectivity index (χ4v) is 2.21. The van der Waals surface area contributed by atoms with E-state index in [0.717, 1.165) is 0 Å². The molecule has 0 radical (unpaired) electrons. The Hall–Kier alpha value is -1.31. The Morgan fingerprint density at radius 2 is 2.24 bits per heavy atom. The molecule has 0 aromatic heterocycles. The van der Waals surface area contributed by atoms with Gasteiger partial charge >= 0.3 is 0 Å². The van der Waals surface area contributed by atoms with Gasteiger partial charge in [0.1, 0.15) is 5.69 Å². The lowest BCUT2D eigenvalue weighted by molar-refractivity contribution is -0.383. The maximum absolute atomic E-state index is 10.6. The number of thioether (sulfide) groups is 1. The number of hydrogen-bond donors (Lipinski definition) is 3. The van der Waals surface area contributed by atoms with Crippen LogP contribution in [-0.2, 0) is 5.75 Å². The molecule has 0 heterocycles. The van der Waals surface area contributed by atoms with E-state index in [1.165, 1.54) is 17.8 Å². The number of aliphatic hydroxyl groups is 2. The SMILES string of the molecule is Nc1c(CSCC(O)CO)cccc1[N+](=O)[O-]. The average Bonchev–Trinajstić information content (AvgIpc) is 2.30. The van der Waals surface area contributed by atoms with Gasteiger partial charge in [-0.05, 0) is 5.56 Å². The summed E-state index contributed by atoms with van der Waals surface area (Å²) < 4.78 is 0. The maximum Gasteiger partial charge on any atom is 0.292 e. The predicted octanol–water partition coefficient (Wildman–Crippen LogP) is 0.763. The zero-order valence-corrected chi connectivity index (χ0v) is 9.89. The molecule has 0 saturated carbocycles. The van der Waals surface area contributed by atoms with Gasteiger partial charge in [0, 0.05) is 17.6 Å². The highest BCUT2D eigenvalue weighted by molar-refractivity contribution is 7.98. The van der Waals surface area contributed by atoms with Crippen LogP contribution in [-0.4, -0.2) is 33.6 Å². The summed E-state index contributed by atoms with van der Waals surface area (Å²) in [6.45, 7) is -0.294. The van der Waals surface area contributed by atoms with E-state index in [4.69, 9.17) is 15.9 Å². The van der Waals surface area contributed by atoms with Crippen molar-refractivity contribution in [3.05, 3.63) is 33.9 Å². The van der Waals surface area contributed by atoms with Crippen LogP contribution < -0.4 is 5.73 Å². The van der Waals surface area contributed by atoms with Crippen LogP contribution in [0.3, 0.4) is 0 Å². The van der Waals surface area contributed by atoms with Crippen LogP contribution >= 0.6 is 11.8 Å². The molecule has 0 spiro atoms. The van der Waals surface area contributed by atoms with Crippen molar-refractivity contribution >= 4 is 23.1 Å². The average molecular weight is 258 g/mol. The summed E-state index contributed by atoms with van der Waals surface area (Å²) in [4.78, 5) is 10.1. The van der Waals surface area contributed by atoms with E-state index in [0.29, 0.717) is 17.1 Å². The number of rotatable bonds is 6. The summed E-state index contributed by atoms with van der Waals surface area (Å²) in [5, 5.41) is 28.4. The molecule has 17 heavy (non-hydrogen) atoms. The molecule has 0 aliphatic rings. The molecule has 0 saturated heterocycles. The van der Waals surface area contributed by atoms with Gasteiger partial charge in [0.2, 0.25) is 0 Å². The fourth-order valence-electron chi connectivity index (χ4n) is 1.24. The van der Waals surface area contributed by atoms with Crippen LogP contribution in [0, 0.1) is 10.1 Å². The quantitative estimate of drug-likeness (QED) is 0.395. The molecular weight excluding hydrogens is 244 g/mol. The summed E-state index contributed by atoms with van der Waals surface area (Å²) in [6, 6.07) is 4.64. The van der Waals surface area contributed by atoms with Crippen LogP contribution in [0.4, 0.5) is 11.4 Å². The first kappa shape index (κ1) is 13.8. The second kappa shape index (κ2) is 6.43. The van der Waals surface area contributed by atoms with E-state index in [2.05, 4.69) is 0 Å². The lowest BCUT2D eigenvalue weighted by Gasteiger charge is -2.08. The number of nitrogen functional groups attached to an aromatic ring is 1. The van der Waals surface area contributed by atoms with Crippen molar-refractivity contribution in [2.24, 2.45) is 0 Å². The zero-order chi connectivity index (χ0) is 12.8. The Bertz CT molecular complexity index is 400. The van der Waals surface area contributed by atoms with Gasteiger partial charge in [0.25, 0.3) is 5.69 Å². The Balaban J connectivity index is 2.66. The van der Waals surface area contributed by atoms with E-state index >= 15 is 0 Å². The second-order valence-corrected chi connectivity index (χ2v) is 4.49. The minimum Gasteiger partial charge on any atom is -0.394 e. The summed E-state index contributed by atoms with van der Waals surface area (Å²) >= 11 is 1.36. The minimum absolute atomic E-state index is 0.106. The maximum atomic E-state index is 10.6. The normalized spacial score (nSPS) is 12.4. The summed E-state index contributed by atoms with van der Waals surface area (Å²) in [6.07, 6.45) is -0.778. The third-order valence-corrected chi connectivity index (χ3v) is 3.28. The van der Waals surface area contributed by atoms with Crippen LogP contribution in [0.1, 0.15) is 5.56 Å². The van der Waals surface area contributed by atoms with Crippen molar-refractivity contribution in [3.8, 4) is 0 Å². The summed E-state index contributed by atoms with van der Waals surface area (Å²) in [5.41, 5.74) is 6.38. The van der Waals surface area contributed by atoms with Gasteiger partial charge in [-0.25, -0.2) is 0 Å². The molecular formula is C10H14N2O4S. The van der Waals surface area contributed by atoms with E-state index in [-0.39, 0.29) is 18.0 Å². The number of aliphatic hydroxyl groups excluding tert-OH is 2. The first-order chi connectivity index (χ1) is 8.06. The highest BCUT2D eigenvalue weighted by atomic mass is 32.2. The third-order valence-electron chi connectivity index (χ3n) is 2.15. The lowest BCUT2D eigenvalue weighted by Crippen LogP contribution is -2.14. The molecule has 0 amide bonds. The summed E-state index contributed by atoms with van der Waals surface area (Å²) in [7, 11) is 0. The monoisotopic (exact) mass is 258 g/mol. The predicted molar refractivity (Wildman–Crippen MR) is 66.8 cm³/mol. The lowest BCUT2D eigenvalue weighted by atomic mass is 10.2. The molecule has 94 valence electrons. The molecule has 0 aliphatic carbocycles. The van der Waals surface area contributed by atoms with Crippen molar-refractivity contribution in [1.29, 1.82) is 0 Å². The van der Waals surface area contributed by atoms with Gasteiger partial charge in [-0.2, -0.15) is 11.8 Å². The van der Waals surface area contributed by atoms with E-state index in [1.54, 1.807) is 12.1 Å². The van der Waals surface area contributed by atoms with Gasteiger partial charge in [-0.15, -0.1) is 0 Å². The van der Waals surface area contributed by atoms with Gasteiger partial charge in [-0.3, -0.25) is 10.1 Å².